The van der Waals surface area contributed by atoms with Crippen LogP contribution in [-0.2, 0) is 6.42 Å². The number of aryl methyl sites for hydroxylation is 1. The maximum Gasteiger partial charge on any atom is 0.280 e. The molecule has 0 spiro atoms. The van der Waals surface area contributed by atoms with Gasteiger partial charge in [-0.15, -0.1) is 17.5 Å². The summed E-state index contributed by atoms with van der Waals surface area (Å²) in [5.74, 6) is 1.04. The smallest absolute Gasteiger partial charge is 0.280 e. The Labute approximate surface area is 140 Å². The fraction of sp³-hybridized carbons (Fsp3) is 0.333. The first-order valence-electron chi connectivity index (χ1n) is 7.15. The van der Waals surface area contributed by atoms with E-state index < -0.39 is 0 Å². The maximum atomic E-state index is 5.26. The summed E-state index contributed by atoms with van der Waals surface area (Å²) < 4.78 is 6.96. The minimum atomic E-state index is 0. The van der Waals surface area contributed by atoms with Gasteiger partial charge >= 0.3 is 0 Å². The molecule has 0 fully saturated rings. The van der Waals surface area contributed by atoms with E-state index in [9.17, 15) is 0 Å². The summed E-state index contributed by atoms with van der Waals surface area (Å²) in [5.41, 5.74) is 2.68. The third kappa shape index (κ3) is 3.94. The lowest BCUT2D eigenvalue weighted by molar-refractivity contribution is 0.417. The first kappa shape index (κ1) is 17.1. The van der Waals surface area contributed by atoms with Crippen LogP contribution in [0.25, 0.3) is 17.3 Å². The van der Waals surface area contributed by atoms with E-state index in [4.69, 9.17) is 4.52 Å². The number of nitrogens with one attached hydrogen (secondary N) is 1. The molecule has 0 amide bonds. The number of nitrogens with zero attached hydrogens (tertiary/aromatic N) is 5. The summed E-state index contributed by atoms with van der Waals surface area (Å²) >= 11 is 0. The molecule has 7 nitrogen and oxygen atoms in total. The molecule has 1 atom stereocenters. The Morgan fingerprint density at radius 1 is 1.35 bits per heavy atom. The fourth-order valence-electron chi connectivity index (χ4n) is 2.08. The van der Waals surface area contributed by atoms with Gasteiger partial charge in [-0.3, -0.25) is 0 Å². The van der Waals surface area contributed by atoms with Gasteiger partial charge in [-0.05, 0) is 38.6 Å². The zero-order valence-electron chi connectivity index (χ0n) is 13.2. The van der Waals surface area contributed by atoms with Crippen LogP contribution >= 0.6 is 12.4 Å². The molecule has 1 aromatic carbocycles. The van der Waals surface area contributed by atoms with Gasteiger partial charge in [-0.2, -0.15) is 4.98 Å². The fourth-order valence-corrected chi connectivity index (χ4v) is 2.08. The lowest BCUT2D eigenvalue weighted by Gasteiger charge is -2.04. The summed E-state index contributed by atoms with van der Waals surface area (Å²) in [6, 6.07) is 8.31. The molecule has 1 N–H and O–H groups in total. The van der Waals surface area contributed by atoms with Crippen molar-refractivity contribution in [2.75, 3.05) is 7.05 Å². The lowest BCUT2D eigenvalue weighted by atomic mass is 10.2. The van der Waals surface area contributed by atoms with Crippen molar-refractivity contribution in [1.29, 1.82) is 0 Å². The van der Waals surface area contributed by atoms with E-state index in [0.717, 1.165) is 11.3 Å². The minimum absolute atomic E-state index is 0. The van der Waals surface area contributed by atoms with Crippen LogP contribution in [-0.4, -0.2) is 38.2 Å². The largest absolute Gasteiger partial charge is 0.332 e. The summed E-state index contributed by atoms with van der Waals surface area (Å²) in [5, 5.41) is 15.3. The molecule has 1 unspecified atom stereocenters. The molecule has 0 saturated heterocycles. The van der Waals surface area contributed by atoms with E-state index in [2.05, 4.69) is 32.7 Å². The number of rotatable bonds is 5. The Morgan fingerprint density at radius 3 is 2.91 bits per heavy atom. The van der Waals surface area contributed by atoms with Crippen LogP contribution in [0.4, 0.5) is 0 Å². The molecule has 0 saturated carbocycles. The topological polar surface area (TPSA) is 81.7 Å². The average Bonchev–Trinajstić information content (AvgIpc) is 3.15. The van der Waals surface area contributed by atoms with E-state index in [-0.39, 0.29) is 18.4 Å². The highest BCUT2D eigenvalue weighted by atomic mass is 35.5. The van der Waals surface area contributed by atoms with Gasteiger partial charge in [0.2, 0.25) is 0 Å². The predicted molar refractivity (Wildman–Crippen MR) is 88.9 cm³/mol. The zero-order chi connectivity index (χ0) is 15.5. The maximum absolute atomic E-state index is 5.26. The molecule has 0 aliphatic heterocycles. The number of hydrogen-bond acceptors (Lipinski definition) is 6. The van der Waals surface area contributed by atoms with Crippen LogP contribution in [0.5, 0.6) is 0 Å². The minimum Gasteiger partial charge on any atom is -0.332 e. The van der Waals surface area contributed by atoms with Crippen molar-refractivity contribution in [1.82, 2.24) is 30.5 Å². The Kier molecular flexibility index (Phi) is 5.46. The summed E-state index contributed by atoms with van der Waals surface area (Å²) in [4.78, 5) is 4.36. The molecule has 0 aliphatic rings. The third-order valence-electron chi connectivity index (χ3n) is 3.43. The van der Waals surface area contributed by atoms with Crippen LogP contribution in [0.1, 0.15) is 18.3 Å². The normalized spacial score (nSPS) is 12.0. The van der Waals surface area contributed by atoms with Crippen LogP contribution in [0.3, 0.4) is 0 Å². The van der Waals surface area contributed by atoms with Gasteiger partial charge in [-0.25, -0.2) is 4.68 Å². The van der Waals surface area contributed by atoms with Crippen LogP contribution in [0.15, 0.2) is 35.0 Å². The summed E-state index contributed by atoms with van der Waals surface area (Å²) in [6.07, 6.45) is 2.49. The van der Waals surface area contributed by atoms with E-state index in [1.54, 1.807) is 10.9 Å². The predicted octanol–water partition coefficient (Wildman–Crippen LogP) is 2.20. The van der Waals surface area contributed by atoms with Crippen LogP contribution in [0, 0.1) is 6.92 Å². The monoisotopic (exact) mass is 334 g/mol. The average molecular weight is 335 g/mol. The molecular formula is C15H19ClN6O. The van der Waals surface area contributed by atoms with Gasteiger partial charge in [0.05, 0.1) is 11.9 Å². The molecule has 0 radical (unpaired) electrons. The molecule has 23 heavy (non-hydrogen) atoms. The molecule has 2 aromatic heterocycles. The van der Waals surface area contributed by atoms with Gasteiger partial charge in [0.15, 0.2) is 11.5 Å². The van der Waals surface area contributed by atoms with Gasteiger partial charge in [0.25, 0.3) is 5.89 Å². The standard InChI is InChI=1S/C15H18N6O.ClH/c1-10-5-4-6-12(7-10)21-9-13(18-20-21)15-17-14(19-22-15)8-11(2)16-3;/h4-7,9,11,16H,8H2,1-3H3;1H. The molecule has 0 bridgehead atoms. The molecule has 3 aromatic rings. The van der Waals surface area contributed by atoms with Crippen molar-refractivity contribution in [2.45, 2.75) is 26.3 Å². The second-order valence-corrected chi connectivity index (χ2v) is 5.30. The van der Waals surface area contributed by atoms with Crippen molar-refractivity contribution < 1.29 is 4.52 Å². The number of hydrogen-bond donors (Lipinski definition) is 1. The van der Waals surface area contributed by atoms with Gasteiger partial charge in [0.1, 0.15) is 0 Å². The van der Waals surface area contributed by atoms with E-state index in [0.29, 0.717) is 23.8 Å². The first-order chi connectivity index (χ1) is 10.7. The Hall–Kier alpha value is -2.25. The van der Waals surface area contributed by atoms with Crippen molar-refractivity contribution in [3.8, 4) is 17.3 Å². The molecule has 122 valence electrons. The summed E-state index contributed by atoms with van der Waals surface area (Å²) in [7, 11) is 1.90. The van der Waals surface area contributed by atoms with Crippen molar-refractivity contribution >= 4 is 12.4 Å². The second-order valence-electron chi connectivity index (χ2n) is 5.30. The Morgan fingerprint density at radius 2 is 2.17 bits per heavy atom. The van der Waals surface area contributed by atoms with Gasteiger partial charge in [-0.1, -0.05) is 22.5 Å². The highest BCUT2D eigenvalue weighted by molar-refractivity contribution is 5.85. The SMILES string of the molecule is CNC(C)Cc1noc(-c2cn(-c3cccc(C)c3)nn2)n1.Cl. The molecule has 0 aliphatic carbocycles. The van der Waals surface area contributed by atoms with E-state index in [1.165, 1.54) is 0 Å². The third-order valence-corrected chi connectivity index (χ3v) is 3.43. The van der Waals surface area contributed by atoms with Crippen molar-refractivity contribution in [3.05, 3.63) is 41.9 Å². The molecule has 3 rings (SSSR count). The van der Waals surface area contributed by atoms with Crippen LogP contribution < -0.4 is 5.32 Å². The van der Waals surface area contributed by atoms with Crippen molar-refractivity contribution in [2.24, 2.45) is 0 Å². The molecule has 8 heteroatoms. The zero-order valence-corrected chi connectivity index (χ0v) is 14.0. The van der Waals surface area contributed by atoms with E-state index >= 15 is 0 Å². The Balaban J connectivity index is 0.00000192. The molecule has 2 heterocycles. The first-order valence-corrected chi connectivity index (χ1v) is 7.15. The highest BCUT2D eigenvalue weighted by Crippen LogP contribution is 2.16. The number of likely N-dealkylation sites (N-methyl/N-ethyl adjacent to an activating group) is 1. The number of aromatic nitrogens is 5. The van der Waals surface area contributed by atoms with E-state index in [1.807, 2.05) is 38.2 Å². The second kappa shape index (κ2) is 7.34. The molecular weight excluding hydrogens is 316 g/mol. The van der Waals surface area contributed by atoms with Crippen molar-refractivity contribution in [3.63, 3.8) is 0 Å². The van der Waals surface area contributed by atoms with Gasteiger partial charge < -0.3 is 9.84 Å². The number of benzene rings is 1. The lowest BCUT2D eigenvalue weighted by Crippen LogP contribution is -2.24. The quantitative estimate of drug-likeness (QED) is 0.770. The van der Waals surface area contributed by atoms with Gasteiger partial charge in [0, 0.05) is 12.5 Å². The summed E-state index contributed by atoms with van der Waals surface area (Å²) in [6.45, 7) is 4.10. The highest BCUT2D eigenvalue weighted by Gasteiger charge is 2.14. The number of halogens is 1. The Bertz CT molecular complexity index is 769. The van der Waals surface area contributed by atoms with Crippen LogP contribution in [0.2, 0.25) is 0 Å².